The molecule has 6 nitrogen and oxygen atoms in total. The van der Waals surface area contributed by atoms with Gasteiger partial charge in [-0.2, -0.15) is 0 Å². The molecule has 0 aromatic heterocycles. The fourth-order valence-corrected chi connectivity index (χ4v) is 2.10. The minimum Gasteiger partial charge on any atom is -0.379 e. The van der Waals surface area contributed by atoms with Crippen LogP contribution in [0, 0.1) is 0 Å². The summed E-state index contributed by atoms with van der Waals surface area (Å²) in [6, 6.07) is 0. The van der Waals surface area contributed by atoms with Gasteiger partial charge in [0.1, 0.15) is 0 Å². The monoisotopic (exact) mass is 256 g/mol. The molecule has 2 fully saturated rings. The molecule has 18 heavy (non-hydrogen) atoms. The van der Waals surface area contributed by atoms with Crippen molar-refractivity contribution >= 4 is 11.6 Å². The summed E-state index contributed by atoms with van der Waals surface area (Å²) >= 11 is 0. The summed E-state index contributed by atoms with van der Waals surface area (Å²) in [5.41, 5.74) is 0. The highest BCUT2D eigenvalue weighted by Crippen LogP contribution is 1.99. The number of hydrogen-bond donors (Lipinski definition) is 0. The topological polar surface area (TPSA) is 59.1 Å². The molecule has 2 saturated heterocycles. The van der Waals surface area contributed by atoms with Crippen LogP contribution in [0.5, 0.6) is 0 Å². The van der Waals surface area contributed by atoms with Gasteiger partial charge in [0.2, 0.25) is 11.6 Å². The molecule has 0 amide bonds. The van der Waals surface area contributed by atoms with Crippen LogP contribution in [0.25, 0.3) is 0 Å². The SMILES string of the molecule is O=C(CN1CCOCC1)C(=O)CN1CCOCC1. The molecule has 102 valence electrons. The van der Waals surface area contributed by atoms with Crippen LogP contribution < -0.4 is 0 Å². The second-order valence-corrected chi connectivity index (χ2v) is 4.62. The van der Waals surface area contributed by atoms with E-state index in [0.29, 0.717) is 26.4 Å². The lowest BCUT2D eigenvalue weighted by Gasteiger charge is -2.27. The van der Waals surface area contributed by atoms with Crippen LogP contribution in [-0.2, 0) is 19.1 Å². The molecule has 0 radical (unpaired) electrons. The molecule has 0 saturated carbocycles. The quantitative estimate of drug-likeness (QED) is 0.575. The number of rotatable bonds is 5. The van der Waals surface area contributed by atoms with Crippen LogP contribution in [0.3, 0.4) is 0 Å². The number of hydrogen-bond acceptors (Lipinski definition) is 6. The van der Waals surface area contributed by atoms with E-state index in [9.17, 15) is 9.59 Å². The van der Waals surface area contributed by atoms with Gasteiger partial charge >= 0.3 is 0 Å². The Kier molecular flexibility index (Phi) is 5.25. The molecular formula is C12H20N2O4. The zero-order chi connectivity index (χ0) is 12.8. The first-order valence-corrected chi connectivity index (χ1v) is 6.42. The summed E-state index contributed by atoms with van der Waals surface area (Å²) in [5.74, 6) is -0.577. The van der Waals surface area contributed by atoms with Gasteiger partial charge in [-0.25, -0.2) is 0 Å². The summed E-state index contributed by atoms with van der Waals surface area (Å²) in [6.07, 6.45) is 0. The van der Waals surface area contributed by atoms with E-state index in [1.807, 2.05) is 9.80 Å². The third-order valence-corrected chi connectivity index (χ3v) is 3.25. The highest BCUT2D eigenvalue weighted by atomic mass is 16.5. The first-order chi connectivity index (χ1) is 8.75. The van der Waals surface area contributed by atoms with Crippen molar-refractivity contribution in [3.8, 4) is 0 Å². The Morgan fingerprint density at radius 3 is 1.39 bits per heavy atom. The van der Waals surface area contributed by atoms with Crippen molar-refractivity contribution in [3.63, 3.8) is 0 Å². The Morgan fingerprint density at radius 2 is 1.06 bits per heavy atom. The second kappa shape index (κ2) is 6.94. The van der Waals surface area contributed by atoms with Crippen molar-refractivity contribution in [1.82, 2.24) is 9.80 Å². The third kappa shape index (κ3) is 4.13. The number of carbonyl (C=O) groups excluding carboxylic acids is 2. The molecule has 0 spiro atoms. The number of ether oxygens (including phenoxy) is 2. The van der Waals surface area contributed by atoms with Gasteiger partial charge in [0, 0.05) is 26.2 Å². The molecule has 0 unspecified atom stereocenters. The Labute approximate surface area is 107 Å². The molecule has 0 aliphatic carbocycles. The first-order valence-electron chi connectivity index (χ1n) is 6.42. The summed E-state index contributed by atoms with van der Waals surface area (Å²) in [5, 5.41) is 0. The highest BCUT2D eigenvalue weighted by Gasteiger charge is 2.22. The van der Waals surface area contributed by atoms with Crippen molar-refractivity contribution in [2.45, 2.75) is 0 Å². The maximum Gasteiger partial charge on any atom is 0.213 e. The van der Waals surface area contributed by atoms with E-state index in [1.54, 1.807) is 0 Å². The molecule has 2 aliphatic rings. The van der Waals surface area contributed by atoms with Crippen molar-refractivity contribution < 1.29 is 19.1 Å². The number of morpholine rings is 2. The molecule has 2 heterocycles. The van der Waals surface area contributed by atoms with Gasteiger partial charge in [-0.15, -0.1) is 0 Å². The predicted octanol–water partition coefficient (Wildman–Crippen LogP) is -1.21. The van der Waals surface area contributed by atoms with Crippen molar-refractivity contribution in [3.05, 3.63) is 0 Å². The summed E-state index contributed by atoms with van der Waals surface area (Å²) in [4.78, 5) is 27.5. The molecular weight excluding hydrogens is 236 g/mol. The van der Waals surface area contributed by atoms with E-state index in [2.05, 4.69) is 0 Å². The maximum atomic E-state index is 11.8. The van der Waals surface area contributed by atoms with Crippen molar-refractivity contribution in [2.24, 2.45) is 0 Å². The van der Waals surface area contributed by atoms with E-state index in [0.717, 1.165) is 26.2 Å². The van der Waals surface area contributed by atoms with Crippen LogP contribution in [0.2, 0.25) is 0 Å². The van der Waals surface area contributed by atoms with E-state index in [1.165, 1.54) is 0 Å². The molecule has 0 atom stereocenters. The minimum absolute atomic E-state index is 0.229. The van der Waals surface area contributed by atoms with E-state index < -0.39 is 0 Å². The second-order valence-electron chi connectivity index (χ2n) is 4.62. The zero-order valence-corrected chi connectivity index (χ0v) is 10.6. The summed E-state index contributed by atoms with van der Waals surface area (Å²) < 4.78 is 10.4. The minimum atomic E-state index is -0.289. The molecule has 0 bridgehead atoms. The number of carbonyl (C=O) groups is 2. The Morgan fingerprint density at radius 1 is 0.722 bits per heavy atom. The van der Waals surface area contributed by atoms with Gasteiger partial charge in [-0.3, -0.25) is 19.4 Å². The third-order valence-electron chi connectivity index (χ3n) is 3.25. The van der Waals surface area contributed by atoms with Crippen LogP contribution in [0.4, 0.5) is 0 Å². The Balaban J connectivity index is 1.71. The van der Waals surface area contributed by atoms with Gasteiger partial charge < -0.3 is 9.47 Å². The smallest absolute Gasteiger partial charge is 0.213 e. The Bertz CT molecular complexity index is 266. The molecule has 6 heteroatoms. The summed E-state index contributed by atoms with van der Waals surface area (Å²) in [6.45, 7) is 5.96. The van der Waals surface area contributed by atoms with Crippen LogP contribution in [0.1, 0.15) is 0 Å². The molecule has 0 aromatic rings. The van der Waals surface area contributed by atoms with Crippen LogP contribution >= 0.6 is 0 Å². The average Bonchev–Trinajstić information content (AvgIpc) is 2.41. The molecule has 0 N–H and O–H groups in total. The van der Waals surface area contributed by atoms with Crippen LogP contribution in [-0.4, -0.2) is 87.1 Å². The van der Waals surface area contributed by atoms with Gasteiger partial charge in [-0.05, 0) is 0 Å². The van der Waals surface area contributed by atoms with Crippen molar-refractivity contribution in [2.75, 3.05) is 65.7 Å². The number of nitrogens with zero attached hydrogens (tertiary/aromatic N) is 2. The first kappa shape index (κ1) is 13.6. The highest BCUT2D eigenvalue weighted by molar-refractivity contribution is 6.38. The number of Topliss-reactive ketones (excluding diaryl/α,β-unsaturated/α-hetero) is 2. The number of ketones is 2. The average molecular weight is 256 g/mol. The van der Waals surface area contributed by atoms with Gasteiger partial charge in [0.05, 0.1) is 39.5 Å². The Hall–Kier alpha value is -0.820. The lowest BCUT2D eigenvalue weighted by molar-refractivity contribution is -0.139. The maximum absolute atomic E-state index is 11.8. The standard InChI is InChI=1S/C12H20N2O4/c15-11(9-13-1-5-17-6-2-13)12(16)10-14-3-7-18-8-4-14/h1-10H2. The van der Waals surface area contributed by atoms with Gasteiger partial charge in [0.25, 0.3) is 0 Å². The fourth-order valence-electron chi connectivity index (χ4n) is 2.10. The van der Waals surface area contributed by atoms with Crippen molar-refractivity contribution in [1.29, 1.82) is 0 Å². The van der Waals surface area contributed by atoms with E-state index in [-0.39, 0.29) is 24.7 Å². The lowest BCUT2D eigenvalue weighted by Crippen LogP contribution is -2.45. The van der Waals surface area contributed by atoms with Gasteiger partial charge in [-0.1, -0.05) is 0 Å². The lowest BCUT2D eigenvalue weighted by atomic mass is 10.2. The largest absolute Gasteiger partial charge is 0.379 e. The fraction of sp³-hybridized carbons (Fsp3) is 0.833. The molecule has 2 rings (SSSR count). The zero-order valence-electron chi connectivity index (χ0n) is 10.6. The van der Waals surface area contributed by atoms with E-state index in [4.69, 9.17) is 9.47 Å². The summed E-state index contributed by atoms with van der Waals surface area (Å²) in [7, 11) is 0. The predicted molar refractivity (Wildman–Crippen MR) is 64.5 cm³/mol. The van der Waals surface area contributed by atoms with Gasteiger partial charge in [0.15, 0.2) is 0 Å². The normalized spacial score (nSPS) is 22.9. The van der Waals surface area contributed by atoms with Crippen LogP contribution in [0.15, 0.2) is 0 Å². The van der Waals surface area contributed by atoms with E-state index >= 15 is 0 Å². The molecule has 0 aromatic carbocycles. The molecule has 2 aliphatic heterocycles.